The van der Waals surface area contributed by atoms with E-state index in [1.54, 1.807) is 19.2 Å². The number of hydrogen-bond donors (Lipinski definition) is 0. The van der Waals surface area contributed by atoms with Crippen LogP contribution < -0.4 is 4.74 Å². The molecule has 0 aliphatic carbocycles. The molecule has 0 aliphatic rings. The second-order valence-electron chi connectivity index (χ2n) is 3.96. The number of halogens is 1. The van der Waals surface area contributed by atoms with Crippen molar-refractivity contribution < 1.29 is 4.74 Å². The van der Waals surface area contributed by atoms with Gasteiger partial charge in [-0.25, -0.2) is 0 Å². The number of nitrogens with zero attached hydrogens (tertiary/aromatic N) is 1. The number of benzene rings is 2. The largest absolute Gasteiger partial charge is 0.497 e. The third-order valence-corrected chi connectivity index (χ3v) is 2.90. The Hall–Kier alpha value is -2.24. The van der Waals surface area contributed by atoms with Gasteiger partial charge < -0.3 is 4.74 Å². The lowest BCUT2D eigenvalue weighted by Gasteiger charge is -2.03. The summed E-state index contributed by atoms with van der Waals surface area (Å²) < 4.78 is 5.16. The van der Waals surface area contributed by atoms with Crippen LogP contribution in [0.1, 0.15) is 11.1 Å². The van der Waals surface area contributed by atoms with Gasteiger partial charge in [-0.1, -0.05) is 35.9 Å². The molecule has 2 rings (SSSR count). The van der Waals surface area contributed by atoms with E-state index in [0.29, 0.717) is 10.6 Å². The zero-order valence-corrected chi connectivity index (χ0v) is 11.2. The van der Waals surface area contributed by atoms with Crippen LogP contribution in [0.4, 0.5) is 0 Å². The molecule has 19 heavy (non-hydrogen) atoms. The maximum absolute atomic E-state index is 9.27. The minimum absolute atomic E-state index is 0.566. The minimum Gasteiger partial charge on any atom is -0.497 e. The Bertz CT molecular complexity index is 656. The first-order valence-corrected chi connectivity index (χ1v) is 6.12. The average Bonchev–Trinajstić information content (AvgIpc) is 2.45. The summed E-state index contributed by atoms with van der Waals surface area (Å²) in [5, 5.41) is 9.88. The molecule has 0 atom stereocenters. The maximum Gasteiger partial charge on any atom is 0.119 e. The summed E-state index contributed by atoms with van der Waals surface area (Å²) >= 11 is 5.94. The molecule has 0 N–H and O–H groups in total. The van der Waals surface area contributed by atoms with Crippen molar-refractivity contribution in [2.45, 2.75) is 0 Å². The summed E-state index contributed by atoms with van der Waals surface area (Å²) in [6.45, 7) is 0. The number of ether oxygens (including phenoxy) is 1. The number of allylic oxidation sites excluding steroid dienone is 1. The van der Waals surface area contributed by atoms with Crippen LogP contribution in [0, 0.1) is 11.3 Å². The molecule has 0 aromatic heterocycles. The molecule has 0 spiro atoms. The van der Waals surface area contributed by atoms with E-state index in [2.05, 4.69) is 6.07 Å². The molecule has 0 radical (unpaired) electrons. The van der Waals surface area contributed by atoms with E-state index in [-0.39, 0.29) is 0 Å². The van der Waals surface area contributed by atoms with Crippen molar-refractivity contribution in [2.75, 3.05) is 7.11 Å². The zero-order chi connectivity index (χ0) is 13.7. The van der Waals surface area contributed by atoms with Crippen molar-refractivity contribution in [3.63, 3.8) is 0 Å². The molecule has 2 nitrogen and oxygen atoms in total. The highest BCUT2D eigenvalue weighted by molar-refractivity contribution is 6.30. The van der Waals surface area contributed by atoms with Crippen molar-refractivity contribution in [3.8, 4) is 11.8 Å². The molecule has 2 aromatic carbocycles. The summed E-state index contributed by atoms with van der Waals surface area (Å²) in [5.74, 6) is 0.761. The lowest BCUT2D eigenvalue weighted by Crippen LogP contribution is -1.84. The summed E-state index contributed by atoms with van der Waals surface area (Å²) in [4.78, 5) is 0. The molecule has 2 aromatic rings. The average molecular weight is 270 g/mol. The lowest BCUT2D eigenvalue weighted by atomic mass is 10.0. The molecule has 0 amide bonds. The highest BCUT2D eigenvalue weighted by Gasteiger charge is 2.02. The van der Waals surface area contributed by atoms with Gasteiger partial charge in [0.05, 0.1) is 18.8 Å². The van der Waals surface area contributed by atoms with Gasteiger partial charge in [-0.2, -0.15) is 5.26 Å². The minimum atomic E-state index is 0.566. The Morgan fingerprint density at radius 1 is 1.21 bits per heavy atom. The molecular formula is C16H12ClNO. The summed E-state index contributed by atoms with van der Waals surface area (Å²) in [7, 11) is 1.62. The molecule has 0 heterocycles. The van der Waals surface area contributed by atoms with Gasteiger partial charge in [0.25, 0.3) is 0 Å². The molecule has 0 bridgehead atoms. The molecule has 0 saturated carbocycles. The van der Waals surface area contributed by atoms with Gasteiger partial charge >= 0.3 is 0 Å². The summed E-state index contributed by atoms with van der Waals surface area (Å²) in [6, 6.07) is 17.0. The monoisotopic (exact) mass is 269 g/mol. The van der Waals surface area contributed by atoms with Gasteiger partial charge in [0.1, 0.15) is 5.75 Å². The standard InChI is InChI=1S/C16H12ClNO/c1-19-16-7-2-4-12(9-16)8-14(11-18)13-5-3-6-15(17)10-13/h2-10H,1H3. The van der Waals surface area contributed by atoms with E-state index in [1.807, 2.05) is 42.5 Å². The van der Waals surface area contributed by atoms with E-state index in [4.69, 9.17) is 16.3 Å². The Morgan fingerprint density at radius 3 is 2.68 bits per heavy atom. The molecule has 0 aliphatic heterocycles. The van der Waals surface area contributed by atoms with Gasteiger partial charge in [0.15, 0.2) is 0 Å². The van der Waals surface area contributed by atoms with Crippen LogP contribution in [0.2, 0.25) is 5.02 Å². The zero-order valence-electron chi connectivity index (χ0n) is 10.4. The molecule has 0 unspecified atom stereocenters. The van der Waals surface area contributed by atoms with Crippen LogP contribution in [0.5, 0.6) is 5.75 Å². The van der Waals surface area contributed by atoms with E-state index in [1.165, 1.54) is 0 Å². The number of methoxy groups -OCH3 is 1. The second-order valence-corrected chi connectivity index (χ2v) is 4.39. The summed E-state index contributed by atoms with van der Waals surface area (Å²) in [6.07, 6.45) is 1.81. The fraction of sp³-hybridized carbons (Fsp3) is 0.0625. The maximum atomic E-state index is 9.27. The normalized spacial score (nSPS) is 10.9. The van der Waals surface area contributed by atoms with Gasteiger partial charge in [-0.15, -0.1) is 0 Å². The number of hydrogen-bond acceptors (Lipinski definition) is 2. The van der Waals surface area contributed by atoms with Crippen molar-refractivity contribution >= 4 is 23.3 Å². The SMILES string of the molecule is COc1cccc(C=C(C#N)c2cccc(Cl)c2)c1. The second kappa shape index (κ2) is 6.08. The number of rotatable bonds is 3. The third kappa shape index (κ3) is 3.37. The van der Waals surface area contributed by atoms with E-state index in [0.717, 1.165) is 16.9 Å². The van der Waals surface area contributed by atoms with Gasteiger partial charge in [0.2, 0.25) is 0 Å². The highest BCUT2D eigenvalue weighted by Crippen LogP contribution is 2.22. The fourth-order valence-electron chi connectivity index (χ4n) is 1.73. The topological polar surface area (TPSA) is 33.0 Å². The van der Waals surface area contributed by atoms with Crippen molar-refractivity contribution in [1.29, 1.82) is 5.26 Å². The quantitative estimate of drug-likeness (QED) is 0.611. The lowest BCUT2D eigenvalue weighted by molar-refractivity contribution is 0.414. The van der Waals surface area contributed by atoms with E-state index < -0.39 is 0 Å². The van der Waals surface area contributed by atoms with Crippen LogP contribution in [-0.4, -0.2) is 7.11 Å². The predicted octanol–water partition coefficient (Wildman–Crippen LogP) is 4.41. The van der Waals surface area contributed by atoms with Crippen LogP contribution in [0.15, 0.2) is 48.5 Å². The van der Waals surface area contributed by atoms with E-state index >= 15 is 0 Å². The molecule has 0 saturated heterocycles. The van der Waals surface area contributed by atoms with Crippen LogP contribution in [-0.2, 0) is 0 Å². The summed E-state index contributed by atoms with van der Waals surface area (Å²) in [5.41, 5.74) is 2.28. The molecule has 3 heteroatoms. The van der Waals surface area contributed by atoms with Crippen LogP contribution >= 0.6 is 11.6 Å². The molecule has 94 valence electrons. The Balaban J connectivity index is 2.41. The smallest absolute Gasteiger partial charge is 0.119 e. The van der Waals surface area contributed by atoms with Crippen molar-refractivity contribution in [1.82, 2.24) is 0 Å². The molecule has 0 fully saturated rings. The Labute approximate surface area is 117 Å². The first-order chi connectivity index (χ1) is 9.22. The van der Waals surface area contributed by atoms with Gasteiger partial charge in [-0.3, -0.25) is 0 Å². The molecular weight excluding hydrogens is 258 g/mol. The first kappa shape index (κ1) is 13.2. The highest BCUT2D eigenvalue weighted by atomic mass is 35.5. The predicted molar refractivity (Wildman–Crippen MR) is 77.9 cm³/mol. The van der Waals surface area contributed by atoms with Gasteiger partial charge in [-0.05, 0) is 41.5 Å². The Kier molecular flexibility index (Phi) is 4.22. The van der Waals surface area contributed by atoms with Crippen LogP contribution in [0.25, 0.3) is 11.6 Å². The van der Waals surface area contributed by atoms with Crippen molar-refractivity contribution in [2.24, 2.45) is 0 Å². The van der Waals surface area contributed by atoms with E-state index in [9.17, 15) is 5.26 Å². The fourth-order valence-corrected chi connectivity index (χ4v) is 1.92. The Morgan fingerprint density at radius 2 is 2.00 bits per heavy atom. The number of nitriles is 1. The van der Waals surface area contributed by atoms with Gasteiger partial charge in [0, 0.05) is 5.02 Å². The van der Waals surface area contributed by atoms with Crippen LogP contribution in [0.3, 0.4) is 0 Å². The first-order valence-electron chi connectivity index (χ1n) is 5.75. The third-order valence-electron chi connectivity index (χ3n) is 2.66. The van der Waals surface area contributed by atoms with Crippen molar-refractivity contribution in [3.05, 3.63) is 64.7 Å².